The molecule has 142 valence electrons. The fourth-order valence-corrected chi connectivity index (χ4v) is 2.96. The molecule has 2 aromatic rings. The Morgan fingerprint density at radius 3 is 2.81 bits per heavy atom. The van der Waals surface area contributed by atoms with Gasteiger partial charge in [0.1, 0.15) is 21.4 Å². The van der Waals surface area contributed by atoms with E-state index in [1.165, 1.54) is 22.9 Å². The number of rotatable bonds is 8. The van der Waals surface area contributed by atoms with Crippen LogP contribution in [0.5, 0.6) is 5.75 Å². The van der Waals surface area contributed by atoms with Crippen LogP contribution >= 0.6 is 11.8 Å². The number of fused-ring (bicyclic) bond motifs is 1. The van der Waals surface area contributed by atoms with Crippen molar-refractivity contribution in [2.75, 3.05) is 20.3 Å². The average Bonchev–Trinajstić information content (AvgIpc) is 3.02. The van der Waals surface area contributed by atoms with Gasteiger partial charge in [-0.15, -0.1) is 0 Å². The van der Waals surface area contributed by atoms with Gasteiger partial charge in [0.05, 0.1) is 17.7 Å². The monoisotopic (exact) mass is 406 g/mol. The van der Waals surface area contributed by atoms with E-state index in [4.69, 9.17) is 20.3 Å². The lowest BCUT2D eigenvalue weighted by Gasteiger charge is -2.10. The largest absolute Gasteiger partial charge is 0.491 e. The van der Waals surface area contributed by atoms with E-state index in [1.54, 1.807) is 7.11 Å². The van der Waals surface area contributed by atoms with E-state index in [9.17, 15) is 17.5 Å². The first-order valence-electron chi connectivity index (χ1n) is 7.22. The van der Waals surface area contributed by atoms with Crippen LogP contribution in [-0.2, 0) is 15.8 Å². The molecule has 0 aliphatic carbocycles. The lowest BCUT2D eigenvalue weighted by Crippen LogP contribution is -2.11. The summed E-state index contributed by atoms with van der Waals surface area (Å²) < 4.78 is 57.7. The van der Waals surface area contributed by atoms with Gasteiger partial charge in [0.25, 0.3) is 6.43 Å². The Bertz CT molecular complexity index is 844. The highest BCUT2D eigenvalue weighted by Crippen LogP contribution is 2.26. The minimum atomic E-state index is -2.99. The first kappa shape index (κ1) is 20.4. The van der Waals surface area contributed by atoms with E-state index >= 15 is 0 Å². The van der Waals surface area contributed by atoms with E-state index < -0.39 is 22.5 Å². The maximum absolute atomic E-state index is 12.5. The number of nitrogens with zero attached hydrogens (tertiary/aromatic N) is 2. The quantitative estimate of drug-likeness (QED) is 0.268. The van der Waals surface area contributed by atoms with Crippen molar-refractivity contribution in [2.24, 2.45) is 0 Å². The summed E-state index contributed by atoms with van der Waals surface area (Å²) in [5.41, 5.74) is 0.403. The highest BCUT2D eigenvalue weighted by Gasteiger charge is 2.20. The minimum Gasteiger partial charge on any atom is -0.491 e. The molecular formula is C14H16F2N4O4S2. The van der Waals surface area contributed by atoms with Gasteiger partial charge in [-0.05, 0) is 11.8 Å². The summed E-state index contributed by atoms with van der Waals surface area (Å²) in [5, 5.41) is 13.7. The summed E-state index contributed by atoms with van der Waals surface area (Å²) in [5.74, 6) is 0.228. The average molecular weight is 406 g/mol. The number of alkyl halides is 2. The number of hydrogen-bond acceptors (Lipinski definition) is 7. The van der Waals surface area contributed by atoms with E-state index in [1.807, 2.05) is 0 Å². The van der Waals surface area contributed by atoms with Gasteiger partial charge < -0.3 is 14.0 Å². The van der Waals surface area contributed by atoms with Gasteiger partial charge in [-0.2, -0.15) is 0 Å². The van der Waals surface area contributed by atoms with Gasteiger partial charge in [-0.3, -0.25) is 15.2 Å². The highest BCUT2D eigenvalue weighted by atomic mass is 32.2. The smallest absolute Gasteiger partial charge is 0.285 e. The second-order valence-corrected chi connectivity index (χ2v) is 6.94. The number of pyridine rings is 1. The van der Waals surface area contributed by atoms with Crippen LogP contribution in [-0.4, -0.2) is 55.0 Å². The summed E-state index contributed by atoms with van der Waals surface area (Å²) in [6.45, 7) is 0.761. The van der Waals surface area contributed by atoms with Gasteiger partial charge in [0.2, 0.25) is 0 Å². The van der Waals surface area contributed by atoms with Crippen LogP contribution in [0.4, 0.5) is 8.78 Å². The Morgan fingerprint density at radius 1 is 1.46 bits per heavy atom. The van der Waals surface area contributed by atoms with Crippen molar-refractivity contribution < 1.29 is 27.0 Å². The molecule has 0 spiro atoms. The molecule has 1 atom stereocenters. The molecule has 0 bridgehead atoms. The number of aromatic nitrogens is 2. The van der Waals surface area contributed by atoms with Crippen molar-refractivity contribution in [1.82, 2.24) is 9.38 Å². The molecule has 0 aromatic carbocycles. The van der Waals surface area contributed by atoms with Crippen molar-refractivity contribution >= 4 is 38.4 Å². The lowest BCUT2D eigenvalue weighted by atomic mass is 10.4. The first-order chi connectivity index (χ1) is 12.3. The Balaban J connectivity index is 2.38. The van der Waals surface area contributed by atoms with Crippen LogP contribution < -0.4 is 4.74 Å². The van der Waals surface area contributed by atoms with Crippen LogP contribution in [0.25, 0.3) is 5.52 Å². The van der Waals surface area contributed by atoms with Crippen molar-refractivity contribution in [1.29, 1.82) is 10.8 Å². The first-order valence-corrected chi connectivity index (χ1v) is 9.14. The summed E-state index contributed by atoms with van der Waals surface area (Å²) in [4.78, 5) is 4.00. The number of nitrogens with one attached hydrogen (secondary N) is 2. The Kier molecular flexibility index (Phi) is 7.20. The molecule has 0 fully saturated rings. The lowest BCUT2D eigenvalue weighted by molar-refractivity contribution is 0.172. The van der Waals surface area contributed by atoms with Crippen LogP contribution in [0.15, 0.2) is 23.4 Å². The molecule has 3 N–H and O–H groups in total. The summed E-state index contributed by atoms with van der Waals surface area (Å²) in [7, 11) is 1.55. The van der Waals surface area contributed by atoms with Crippen molar-refractivity contribution in [3.05, 3.63) is 24.3 Å². The number of methoxy groups -OCH3 is 1. The van der Waals surface area contributed by atoms with Gasteiger partial charge in [0, 0.05) is 32.4 Å². The molecule has 0 saturated carbocycles. The number of halogens is 2. The molecule has 2 rings (SSSR count). The van der Waals surface area contributed by atoms with Crippen molar-refractivity contribution in [3.8, 4) is 5.75 Å². The molecule has 0 radical (unpaired) electrons. The van der Waals surface area contributed by atoms with E-state index in [0.717, 1.165) is 0 Å². The van der Waals surface area contributed by atoms with Crippen LogP contribution in [0.3, 0.4) is 0 Å². The molecule has 8 nitrogen and oxygen atoms in total. The van der Waals surface area contributed by atoms with E-state index in [2.05, 4.69) is 4.98 Å². The standard InChI is InChI=1S/C14H16F2N4O4S2/c1-23-3-2-4-24-10-5-8(26(21)22)7-20-9(10)6-19-14(20)13(18)25-12(17)11(15)16/h5-7,11,17-18H,2-4H2,1H3,(H,21,22). The molecule has 26 heavy (non-hydrogen) atoms. The SMILES string of the molecule is COCCCOc1cc(S(=O)O)cn2c(C(=N)SC(=N)C(F)F)ncc12. The fourth-order valence-electron chi connectivity index (χ4n) is 2.01. The highest BCUT2D eigenvalue weighted by molar-refractivity contribution is 8.26. The Hall–Kier alpha value is -1.89. The normalized spacial score (nSPS) is 12.5. The number of imidazole rings is 1. The maximum atomic E-state index is 12.5. The molecule has 0 saturated heterocycles. The van der Waals surface area contributed by atoms with Gasteiger partial charge >= 0.3 is 0 Å². The zero-order chi connectivity index (χ0) is 19.3. The maximum Gasteiger partial charge on any atom is 0.285 e. The Labute approximate surface area is 154 Å². The summed E-state index contributed by atoms with van der Waals surface area (Å²) >= 11 is -2.06. The van der Waals surface area contributed by atoms with Gasteiger partial charge in [-0.25, -0.2) is 18.0 Å². The second kappa shape index (κ2) is 9.16. The predicted molar refractivity (Wildman–Crippen MR) is 94.4 cm³/mol. The van der Waals surface area contributed by atoms with Crippen molar-refractivity contribution in [2.45, 2.75) is 17.7 Å². The van der Waals surface area contributed by atoms with Gasteiger partial charge in [0.15, 0.2) is 16.9 Å². The zero-order valence-corrected chi connectivity index (χ0v) is 15.2. The second-order valence-electron chi connectivity index (χ2n) is 4.92. The molecule has 1 unspecified atom stereocenters. The predicted octanol–water partition coefficient (Wildman–Crippen LogP) is 2.63. The molecule has 0 aliphatic heterocycles. The zero-order valence-electron chi connectivity index (χ0n) is 13.6. The third-order valence-electron chi connectivity index (χ3n) is 3.14. The summed E-state index contributed by atoms with van der Waals surface area (Å²) in [6, 6.07) is 1.38. The molecule has 0 amide bonds. The van der Waals surface area contributed by atoms with Gasteiger partial charge in [-0.1, -0.05) is 0 Å². The van der Waals surface area contributed by atoms with Crippen LogP contribution in [0.2, 0.25) is 0 Å². The minimum absolute atomic E-state index is 0.000211. The fraction of sp³-hybridized carbons (Fsp3) is 0.357. The molecule has 2 aromatic heterocycles. The number of thioether (sulfide) groups is 1. The number of hydrogen-bond donors (Lipinski definition) is 3. The number of ether oxygens (including phenoxy) is 2. The van der Waals surface area contributed by atoms with E-state index in [-0.39, 0.29) is 39.9 Å². The molecule has 0 aliphatic rings. The summed E-state index contributed by atoms with van der Waals surface area (Å²) in [6.07, 6.45) is 0.239. The van der Waals surface area contributed by atoms with Crippen LogP contribution in [0.1, 0.15) is 12.2 Å². The molecule has 12 heteroatoms. The third-order valence-corrected chi connectivity index (χ3v) is 4.56. The van der Waals surface area contributed by atoms with E-state index in [0.29, 0.717) is 18.5 Å². The molecular weight excluding hydrogens is 390 g/mol. The third kappa shape index (κ3) is 4.84. The van der Waals surface area contributed by atoms with Crippen LogP contribution in [0, 0.1) is 10.8 Å². The molecule has 2 heterocycles. The topological polar surface area (TPSA) is 121 Å². The van der Waals surface area contributed by atoms with Crippen molar-refractivity contribution in [3.63, 3.8) is 0 Å². The Morgan fingerprint density at radius 2 is 2.19 bits per heavy atom.